The van der Waals surface area contributed by atoms with Crippen molar-refractivity contribution in [3.8, 4) is 39.5 Å². The van der Waals surface area contributed by atoms with Crippen LogP contribution in [0.1, 0.15) is 108 Å². The van der Waals surface area contributed by atoms with Gasteiger partial charge < -0.3 is 9.55 Å². The normalized spacial score (nSPS) is 13.4. The van der Waals surface area contributed by atoms with Crippen LogP contribution in [-0.4, -0.2) is 22.6 Å². The maximum atomic E-state index is 8.59. The van der Waals surface area contributed by atoms with E-state index >= 15 is 0 Å². The minimum atomic E-state index is -2.16. The average molecular weight is 1070 g/mol. The number of benzene rings is 6. The minimum absolute atomic E-state index is 0. The Hall–Kier alpha value is -4.97. The zero-order chi connectivity index (χ0) is 49.7. The van der Waals surface area contributed by atoms with Gasteiger partial charge in [0.1, 0.15) is 0 Å². The maximum absolute atomic E-state index is 8.59. The van der Waals surface area contributed by atoms with E-state index in [2.05, 4.69) is 180 Å². The van der Waals surface area contributed by atoms with Gasteiger partial charge in [0.25, 0.3) is 0 Å². The molecule has 0 saturated carbocycles. The van der Waals surface area contributed by atoms with Gasteiger partial charge in [-0.25, -0.2) is 0 Å². The molecule has 6 aromatic carbocycles. The summed E-state index contributed by atoms with van der Waals surface area (Å²) < 4.78 is 44.6. The fraction of sp³-hybridized carbons (Fsp3) is 0.288. The van der Waals surface area contributed by atoms with Gasteiger partial charge in [0, 0.05) is 43.5 Å². The number of imidazole rings is 1. The molecule has 9 rings (SSSR count). The van der Waals surface area contributed by atoms with Gasteiger partial charge >= 0.3 is 0 Å². The number of aryl methyl sites for hydroxylation is 1. The zero-order valence-corrected chi connectivity index (χ0v) is 43.7. The Morgan fingerprint density at radius 1 is 0.692 bits per heavy atom. The molecule has 0 unspecified atom stereocenters. The molecule has 1 radical (unpaired) electrons. The number of nitrogens with zero attached hydrogens (tertiary/aromatic N) is 3. The first-order valence-electron chi connectivity index (χ1n) is 25.2. The van der Waals surface area contributed by atoms with E-state index in [1.807, 2.05) is 31.3 Å². The van der Waals surface area contributed by atoms with Crippen molar-refractivity contribution in [1.29, 1.82) is 0 Å². The van der Waals surface area contributed by atoms with Gasteiger partial charge in [-0.1, -0.05) is 153 Å². The van der Waals surface area contributed by atoms with Crippen LogP contribution in [0.3, 0.4) is 0 Å². The quantitative estimate of drug-likeness (QED) is 0.101. The van der Waals surface area contributed by atoms with E-state index in [9.17, 15) is 0 Å². The Morgan fingerprint density at radius 3 is 2.02 bits per heavy atom. The summed E-state index contributed by atoms with van der Waals surface area (Å²) in [5.41, 5.74) is 13.2. The fourth-order valence-corrected chi connectivity index (χ4v) is 11.0. The number of thiophene rings is 1. The summed E-state index contributed by atoms with van der Waals surface area (Å²) in [7, 11) is -1.78. The molecular formula is C59H63IrN3SSi-2. The van der Waals surface area contributed by atoms with E-state index in [4.69, 9.17) is 11.8 Å². The predicted octanol–water partition coefficient (Wildman–Crippen LogP) is 16.5. The molecule has 0 N–H and O–H groups in total. The number of rotatable bonds is 10. The third-order valence-corrected chi connectivity index (χ3v) is 15.0. The molecule has 0 aliphatic carbocycles. The van der Waals surface area contributed by atoms with Gasteiger partial charge in [-0.3, -0.25) is 4.98 Å². The van der Waals surface area contributed by atoms with Crippen molar-refractivity contribution in [2.75, 3.05) is 0 Å². The van der Waals surface area contributed by atoms with Gasteiger partial charge in [0.15, 0.2) is 0 Å². The minimum Gasteiger partial charge on any atom is -0.333 e. The summed E-state index contributed by atoms with van der Waals surface area (Å²) in [6.07, 6.45) is 0.328. The van der Waals surface area contributed by atoms with Crippen LogP contribution in [0.15, 0.2) is 128 Å². The van der Waals surface area contributed by atoms with Crippen LogP contribution in [0, 0.1) is 24.9 Å². The van der Waals surface area contributed by atoms with E-state index in [0.29, 0.717) is 34.6 Å². The van der Waals surface area contributed by atoms with E-state index in [1.165, 1.54) is 59.7 Å². The Labute approximate surface area is 413 Å². The molecule has 0 bridgehead atoms. The van der Waals surface area contributed by atoms with Crippen LogP contribution >= 0.6 is 11.3 Å². The average Bonchev–Trinajstić information content (AvgIpc) is 3.88. The van der Waals surface area contributed by atoms with Crippen molar-refractivity contribution in [3.63, 3.8) is 0 Å². The van der Waals surface area contributed by atoms with Gasteiger partial charge in [-0.2, -0.15) is 11.3 Å². The first-order chi connectivity index (χ1) is 32.5. The van der Waals surface area contributed by atoms with Crippen molar-refractivity contribution in [2.24, 2.45) is 5.92 Å². The standard InChI is InChI=1S/C40H37N2S.C19H26NSi.Ir/c1-24(2)28-16-18-31-34-20-29(17-19-37(34)43-38(31)23-28)40-41-35-14-10-11-15-36(35)42(40)39-32(25(3)4)21-30(22-33(39)26(5)6)27-12-8-7-9-13-27;1-14(2)11-17-12-18(16-9-7-15(3)8-10-16)20-13-19(17)21(4,5)6;/h7-16,18-26H,1-6H3;7-9,12-14H,11H2,1-6H3;/q2*-1;/i;3D3,11D2;. The molecule has 0 aliphatic rings. The second-order valence-electron chi connectivity index (χ2n) is 19.2. The molecule has 3 nitrogen and oxygen atoms in total. The topological polar surface area (TPSA) is 30.7 Å². The summed E-state index contributed by atoms with van der Waals surface area (Å²) in [6, 6.07) is 48.7. The number of fused-ring (bicyclic) bond motifs is 4. The Bertz CT molecular complexity index is 3260. The number of hydrogen-bond acceptors (Lipinski definition) is 3. The van der Waals surface area contributed by atoms with Crippen LogP contribution in [0.4, 0.5) is 0 Å². The third kappa shape index (κ3) is 10.2. The third-order valence-electron chi connectivity index (χ3n) is 11.9. The summed E-state index contributed by atoms with van der Waals surface area (Å²) in [5.74, 6) is 1.93. The first kappa shape index (κ1) is 41.5. The first-order valence-corrected chi connectivity index (χ1v) is 27.0. The van der Waals surface area contributed by atoms with Crippen LogP contribution in [0.25, 0.3) is 70.7 Å². The Morgan fingerprint density at radius 2 is 1.38 bits per heavy atom. The molecule has 3 aromatic heterocycles. The molecule has 3 heterocycles. The van der Waals surface area contributed by atoms with E-state index in [1.54, 1.807) is 18.3 Å². The van der Waals surface area contributed by atoms with E-state index < -0.39 is 21.3 Å². The molecule has 0 aliphatic heterocycles. The molecule has 0 fully saturated rings. The molecule has 335 valence electrons. The van der Waals surface area contributed by atoms with Crippen molar-refractivity contribution in [3.05, 3.63) is 167 Å². The SMILES string of the molecule is CC(C)c1ccc2c(c1)sc1c[c-]c(-c3nc4ccccc4n3-c3c(C(C)C)cc(-c4ccccc4)cc3C(C)C)cc12.[2H]C([2H])([2H])c1c[c-]c(-c2cc(C([2H])([2H])C(C)C)c([Si](C)(C)C)cn2)cc1.[Ir]. The number of pyridine rings is 1. The van der Waals surface area contributed by atoms with Crippen molar-refractivity contribution < 1.29 is 27.0 Å². The summed E-state index contributed by atoms with van der Waals surface area (Å²) in [5, 5.41) is 3.59. The zero-order valence-electron chi connectivity index (χ0n) is 44.5. The molecule has 0 atom stereocenters. The van der Waals surface area contributed by atoms with Crippen LogP contribution in [0.2, 0.25) is 19.6 Å². The van der Waals surface area contributed by atoms with Crippen molar-refractivity contribution >= 4 is 55.8 Å². The largest absolute Gasteiger partial charge is 0.333 e. The van der Waals surface area contributed by atoms with Crippen molar-refractivity contribution in [2.45, 2.75) is 106 Å². The van der Waals surface area contributed by atoms with Crippen molar-refractivity contribution in [1.82, 2.24) is 14.5 Å². The van der Waals surface area contributed by atoms with E-state index in [-0.39, 0.29) is 31.6 Å². The van der Waals surface area contributed by atoms with E-state index in [0.717, 1.165) is 27.6 Å². The van der Waals surface area contributed by atoms with Gasteiger partial charge in [0.05, 0.1) is 24.9 Å². The second kappa shape index (κ2) is 19.9. The smallest absolute Gasteiger partial charge is 0.0798 e. The predicted molar refractivity (Wildman–Crippen MR) is 281 cm³/mol. The molecule has 9 aromatic rings. The monoisotopic (exact) mass is 1070 g/mol. The molecule has 6 heteroatoms. The van der Waals surface area contributed by atoms with Gasteiger partial charge in [0.2, 0.25) is 0 Å². The summed E-state index contributed by atoms with van der Waals surface area (Å²) in [6.45, 7) is 21.9. The Kier molecular flexibility index (Phi) is 12.7. The number of para-hydroxylation sites is 2. The van der Waals surface area contributed by atoms with Crippen LogP contribution < -0.4 is 5.19 Å². The fourth-order valence-electron chi connectivity index (χ4n) is 8.49. The van der Waals surface area contributed by atoms with Gasteiger partial charge in [-0.05, 0) is 109 Å². The number of hydrogen-bond donors (Lipinski definition) is 0. The number of aromatic nitrogens is 3. The molecule has 0 amide bonds. The second-order valence-corrected chi connectivity index (χ2v) is 25.4. The van der Waals surface area contributed by atoms with Crippen LogP contribution in [-0.2, 0) is 26.5 Å². The molecule has 65 heavy (non-hydrogen) atoms. The summed E-state index contributed by atoms with van der Waals surface area (Å²) in [4.78, 5) is 9.82. The summed E-state index contributed by atoms with van der Waals surface area (Å²) >= 11 is 1.86. The van der Waals surface area contributed by atoms with Crippen LogP contribution in [0.5, 0.6) is 0 Å². The molecular weight excluding hydrogens is 1000 g/mol. The maximum Gasteiger partial charge on any atom is 0.0798 e. The van der Waals surface area contributed by atoms with Gasteiger partial charge in [-0.15, -0.1) is 59.2 Å². The molecule has 0 spiro atoms. The molecule has 0 saturated heterocycles. The Balaban J connectivity index is 0.000000231.